The maximum atomic E-state index is 6.10. The van der Waals surface area contributed by atoms with Gasteiger partial charge in [0.1, 0.15) is 11.5 Å². The van der Waals surface area contributed by atoms with Gasteiger partial charge in [-0.15, -0.1) is 5.10 Å². The maximum Gasteiger partial charge on any atom is 0.249 e. The summed E-state index contributed by atoms with van der Waals surface area (Å²) in [5.41, 5.74) is 0.642. The standard InChI is InChI=1S/C16H22ClN5O2/c1-4-5-6-7-18-15-10-19-22-16(21-15)20-12-9-13(23-2)11(17)8-14(12)24-3/h8-10H,4-7H2,1-3H3,(H2,18,20,21,22). The molecule has 0 atom stereocenters. The number of unbranched alkanes of at least 4 members (excludes halogenated alkanes) is 2. The van der Waals surface area contributed by atoms with Crippen molar-refractivity contribution in [1.82, 2.24) is 15.2 Å². The second-order valence-corrected chi connectivity index (χ2v) is 5.52. The van der Waals surface area contributed by atoms with E-state index in [1.54, 1.807) is 32.5 Å². The molecule has 0 aliphatic heterocycles. The number of hydrogen-bond acceptors (Lipinski definition) is 7. The Bertz CT molecular complexity index is 669. The topological polar surface area (TPSA) is 81.2 Å². The fourth-order valence-electron chi connectivity index (χ4n) is 2.11. The molecule has 130 valence electrons. The number of methoxy groups -OCH3 is 2. The summed E-state index contributed by atoms with van der Waals surface area (Å²) in [4.78, 5) is 4.39. The van der Waals surface area contributed by atoms with Crippen LogP contribution < -0.4 is 20.1 Å². The van der Waals surface area contributed by atoms with E-state index >= 15 is 0 Å². The van der Waals surface area contributed by atoms with Crippen LogP contribution in [-0.4, -0.2) is 35.9 Å². The first-order chi connectivity index (χ1) is 11.7. The van der Waals surface area contributed by atoms with Crippen LogP contribution in [0.3, 0.4) is 0 Å². The van der Waals surface area contributed by atoms with Gasteiger partial charge in [-0.2, -0.15) is 10.1 Å². The van der Waals surface area contributed by atoms with Crippen molar-refractivity contribution in [3.63, 3.8) is 0 Å². The number of ether oxygens (including phenoxy) is 2. The van der Waals surface area contributed by atoms with Crippen molar-refractivity contribution >= 4 is 29.1 Å². The minimum Gasteiger partial charge on any atom is -0.495 e. The molecule has 2 aromatic rings. The van der Waals surface area contributed by atoms with Crippen molar-refractivity contribution in [3.05, 3.63) is 23.4 Å². The number of hydrogen-bond donors (Lipinski definition) is 2. The van der Waals surface area contributed by atoms with Gasteiger partial charge in [0.25, 0.3) is 0 Å². The smallest absolute Gasteiger partial charge is 0.249 e. The van der Waals surface area contributed by atoms with Crippen LogP contribution in [0.15, 0.2) is 18.3 Å². The van der Waals surface area contributed by atoms with E-state index in [0.29, 0.717) is 34.0 Å². The number of rotatable bonds is 9. The molecule has 1 aromatic carbocycles. The number of nitrogens with one attached hydrogen (secondary N) is 2. The molecule has 0 fully saturated rings. The second kappa shape index (κ2) is 9.12. The third-order valence-corrected chi connectivity index (χ3v) is 3.66. The van der Waals surface area contributed by atoms with Gasteiger partial charge in [0.05, 0.1) is 31.1 Å². The SMILES string of the molecule is CCCCCNc1cnnc(Nc2cc(OC)c(Cl)cc2OC)n1. The summed E-state index contributed by atoms with van der Waals surface area (Å²) < 4.78 is 10.6. The molecule has 0 unspecified atom stereocenters. The maximum absolute atomic E-state index is 6.10. The lowest BCUT2D eigenvalue weighted by Gasteiger charge is -2.13. The van der Waals surface area contributed by atoms with Crippen LogP contribution in [0.1, 0.15) is 26.2 Å². The van der Waals surface area contributed by atoms with Crippen molar-refractivity contribution in [2.45, 2.75) is 26.2 Å². The lowest BCUT2D eigenvalue weighted by molar-refractivity contribution is 0.405. The van der Waals surface area contributed by atoms with E-state index in [2.05, 4.69) is 32.7 Å². The average Bonchev–Trinajstić information content (AvgIpc) is 2.60. The van der Waals surface area contributed by atoms with Gasteiger partial charge in [0.2, 0.25) is 5.95 Å². The van der Waals surface area contributed by atoms with Crippen molar-refractivity contribution < 1.29 is 9.47 Å². The fourth-order valence-corrected chi connectivity index (χ4v) is 2.34. The quantitative estimate of drug-likeness (QED) is 0.663. The molecular weight excluding hydrogens is 330 g/mol. The normalized spacial score (nSPS) is 10.3. The summed E-state index contributed by atoms with van der Waals surface area (Å²) in [5.74, 6) is 2.12. The molecule has 0 bridgehead atoms. The molecule has 24 heavy (non-hydrogen) atoms. The molecule has 8 heteroatoms. The molecule has 1 heterocycles. The van der Waals surface area contributed by atoms with Crippen molar-refractivity contribution in [2.24, 2.45) is 0 Å². The first kappa shape index (κ1) is 18.1. The van der Waals surface area contributed by atoms with E-state index in [1.165, 1.54) is 12.8 Å². The molecule has 2 rings (SSSR count). The summed E-state index contributed by atoms with van der Waals surface area (Å²) in [6.07, 6.45) is 5.04. The summed E-state index contributed by atoms with van der Waals surface area (Å²) in [6, 6.07) is 3.40. The molecule has 0 radical (unpaired) electrons. The lowest BCUT2D eigenvalue weighted by Crippen LogP contribution is -2.07. The van der Waals surface area contributed by atoms with Crippen LogP contribution >= 0.6 is 11.6 Å². The molecule has 2 N–H and O–H groups in total. The van der Waals surface area contributed by atoms with Crippen LogP contribution in [0.2, 0.25) is 5.02 Å². The highest BCUT2D eigenvalue weighted by molar-refractivity contribution is 6.32. The molecule has 0 amide bonds. The Balaban J connectivity index is 2.13. The van der Waals surface area contributed by atoms with Gasteiger partial charge in [-0.05, 0) is 6.42 Å². The number of halogens is 1. The van der Waals surface area contributed by atoms with Crippen LogP contribution in [0.25, 0.3) is 0 Å². The Hall–Kier alpha value is -2.28. The summed E-state index contributed by atoms with van der Waals surface area (Å²) in [6.45, 7) is 3.02. The molecule has 0 aliphatic carbocycles. The molecule has 0 saturated heterocycles. The Morgan fingerprint density at radius 3 is 2.62 bits per heavy atom. The highest BCUT2D eigenvalue weighted by Crippen LogP contribution is 2.36. The Morgan fingerprint density at radius 1 is 1.12 bits per heavy atom. The zero-order valence-corrected chi connectivity index (χ0v) is 14.9. The summed E-state index contributed by atoms with van der Waals surface area (Å²) in [7, 11) is 3.12. The van der Waals surface area contributed by atoms with E-state index < -0.39 is 0 Å². The third-order valence-electron chi connectivity index (χ3n) is 3.37. The van der Waals surface area contributed by atoms with E-state index in [-0.39, 0.29) is 0 Å². The van der Waals surface area contributed by atoms with Gasteiger partial charge < -0.3 is 20.1 Å². The Morgan fingerprint density at radius 2 is 1.92 bits per heavy atom. The zero-order valence-electron chi connectivity index (χ0n) is 14.1. The highest BCUT2D eigenvalue weighted by atomic mass is 35.5. The Kier molecular flexibility index (Phi) is 6.87. The van der Waals surface area contributed by atoms with E-state index in [9.17, 15) is 0 Å². The van der Waals surface area contributed by atoms with Crippen LogP contribution in [0.4, 0.5) is 17.5 Å². The molecule has 1 aromatic heterocycles. The molecular formula is C16H22ClN5O2. The monoisotopic (exact) mass is 351 g/mol. The first-order valence-electron chi connectivity index (χ1n) is 7.80. The highest BCUT2D eigenvalue weighted by Gasteiger charge is 2.11. The van der Waals surface area contributed by atoms with E-state index in [4.69, 9.17) is 21.1 Å². The van der Waals surface area contributed by atoms with Gasteiger partial charge in [-0.1, -0.05) is 31.4 Å². The van der Waals surface area contributed by atoms with E-state index in [1.807, 2.05) is 0 Å². The molecule has 7 nitrogen and oxygen atoms in total. The van der Waals surface area contributed by atoms with Crippen molar-refractivity contribution in [2.75, 3.05) is 31.4 Å². The predicted octanol–water partition coefficient (Wildman–Crippen LogP) is 3.89. The van der Waals surface area contributed by atoms with Crippen LogP contribution in [-0.2, 0) is 0 Å². The van der Waals surface area contributed by atoms with Gasteiger partial charge in [0.15, 0.2) is 5.82 Å². The van der Waals surface area contributed by atoms with E-state index in [0.717, 1.165) is 13.0 Å². The summed E-state index contributed by atoms with van der Waals surface area (Å²) >= 11 is 6.10. The lowest BCUT2D eigenvalue weighted by atomic mass is 10.2. The summed E-state index contributed by atoms with van der Waals surface area (Å²) in [5, 5.41) is 14.7. The fraction of sp³-hybridized carbons (Fsp3) is 0.438. The Labute approximate surface area is 146 Å². The largest absolute Gasteiger partial charge is 0.495 e. The number of benzene rings is 1. The second-order valence-electron chi connectivity index (χ2n) is 5.11. The minimum absolute atomic E-state index is 0.359. The number of aromatic nitrogens is 3. The van der Waals surface area contributed by atoms with Gasteiger partial charge in [-0.3, -0.25) is 0 Å². The van der Waals surface area contributed by atoms with Gasteiger partial charge >= 0.3 is 0 Å². The minimum atomic E-state index is 0.359. The van der Waals surface area contributed by atoms with Crippen molar-refractivity contribution in [3.8, 4) is 11.5 Å². The first-order valence-corrected chi connectivity index (χ1v) is 8.17. The van der Waals surface area contributed by atoms with Gasteiger partial charge in [0, 0.05) is 18.7 Å². The van der Waals surface area contributed by atoms with Crippen molar-refractivity contribution in [1.29, 1.82) is 0 Å². The number of anilines is 3. The molecule has 0 saturated carbocycles. The zero-order chi connectivity index (χ0) is 17.4. The van der Waals surface area contributed by atoms with Gasteiger partial charge in [-0.25, -0.2) is 0 Å². The molecule has 0 spiro atoms. The number of nitrogens with zero attached hydrogens (tertiary/aromatic N) is 3. The third kappa shape index (κ3) is 4.86. The van der Waals surface area contributed by atoms with Crippen LogP contribution in [0, 0.1) is 0 Å². The average molecular weight is 352 g/mol. The molecule has 0 aliphatic rings. The predicted molar refractivity (Wildman–Crippen MR) is 95.7 cm³/mol. The van der Waals surface area contributed by atoms with Crippen LogP contribution in [0.5, 0.6) is 11.5 Å².